The van der Waals surface area contributed by atoms with Crippen LogP contribution in [0.15, 0.2) is 194 Å². The molecule has 9 aromatic carbocycles. The van der Waals surface area contributed by atoms with Crippen molar-refractivity contribution in [2.75, 3.05) is 9.80 Å². The van der Waals surface area contributed by atoms with Crippen molar-refractivity contribution in [1.29, 1.82) is 0 Å². The highest BCUT2D eigenvalue weighted by Gasteiger charge is 2.38. The molecule has 0 bridgehead atoms. The molecule has 2 nitrogen and oxygen atoms in total. The number of rotatable bonds is 5. The molecule has 10 rings (SSSR count). The number of hydrogen-bond acceptors (Lipinski definition) is 2. The van der Waals surface area contributed by atoms with Gasteiger partial charge >= 0.3 is 0 Å². The summed E-state index contributed by atoms with van der Waals surface area (Å²) in [6.07, 6.45) is 0. The Kier molecular flexibility index (Phi) is 7.19. The van der Waals surface area contributed by atoms with Gasteiger partial charge in [0.05, 0.1) is 17.1 Å². The molecule has 0 saturated carbocycles. The lowest BCUT2D eigenvalue weighted by molar-refractivity contribution is 0.632. The van der Waals surface area contributed by atoms with E-state index in [4.69, 9.17) is 0 Å². The highest BCUT2D eigenvalue weighted by Crippen LogP contribution is 2.56. The molecule has 2 heteroatoms. The maximum absolute atomic E-state index is 2.55. The van der Waals surface area contributed by atoms with Crippen molar-refractivity contribution in [3.63, 3.8) is 0 Å². The lowest BCUT2D eigenvalue weighted by atomic mass is 9.73. The van der Waals surface area contributed by atoms with Gasteiger partial charge in [-0.2, -0.15) is 0 Å². The smallest absolute Gasteiger partial charge is 0.0618 e. The summed E-state index contributed by atoms with van der Waals surface area (Å²) in [5.74, 6) is 0. The third kappa shape index (κ3) is 4.94. The lowest BCUT2D eigenvalue weighted by Crippen LogP contribution is -2.31. The Balaban J connectivity index is 1.28. The molecule has 0 saturated heterocycles. The Hall–Kier alpha value is -6.64. The second-order valence-corrected chi connectivity index (χ2v) is 14.6. The Morgan fingerprint density at radius 1 is 0.377 bits per heavy atom. The molecule has 0 N–H and O–H groups in total. The number of anilines is 6. The van der Waals surface area contributed by atoms with E-state index in [9.17, 15) is 0 Å². The van der Waals surface area contributed by atoms with Crippen molar-refractivity contribution in [1.82, 2.24) is 0 Å². The van der Waals surface area contributed by atoms with Crippen LogP contribution in [0.25, 0.3) is 43.4 Å². The molecule has 0 unspecified atom stereocenters. The van der Waals surface area contributed by atoms with E-state index >= 15 is 0 Å². The van der Waals surface area contributed by atoms with Crippen LogP contribution in [0.4, 0.5) is 34.1 Å². The van der Waals surface area contributed by atoms with Gasteiger partial charge < -0.3 is 9.80 Å². The van der Waals surface area contributed by atoms with Crippen molar-refractivity contribution >= 4 is 66.4 Å². The Morgan fingerprint density at radius 2 is 0.943 bits per heavy atom. The summed E-state index contributed by atoms with van der Waals surface area (Å²) in [7, 11) is 0. The van der Waals surface area contributed by atoms with Crippen LogP contribution in [-0.4, -0.2) is 0 Å². The van der Waals surface area contributed by atoms with E-state index < -0.39 is 0 Å². The van der Waals surface area contributed by atoms with Gasteiger partial charge in [0.1, 0.15) is 0 Å². The number of nitrogens with zero attached hydrogens (tertiary/aromatic N) is 2. The minimum atomic E-state index is -0.266. The number of para-hydroxylation sites is 3. The normalized spacial score (nSPS) is 13.2. The quantitative estimate of drug-likeness (QED) is 0.167. The molecule has 252 valence electrons. The first-order chi connectivity index (χ1) is 26.1. The fourth-order valence-electron chi connectivity index (χ4n) is 8.66. The van der Waals surface area contributed by atoms with E-state index in [1.54, 1.807) is 0 Å². The molecule has 1 heterocycles. The highest BCUT2D eigenvalue weighted by molar-refractivity contribution is 6.17. The molecular formula is C51H38N2. The summed E-state index contributed by atoms with van der Waals surface area (Å²) in [6, 6.07) is 71.0. The summed E-state index contributed by atoms with van der Waals surface area (Å²) < 4.78 is 0. The van der Waals surface area contributed by atoms with Crippen LogP contribution in [0.2, 0.25) is 0 Å². The standard InChI is InChI=1S/C51H38N2/c1-51(2)46-27-15-16-28-48(46)53(49-32-30-39(34-47(49)51)52(37-19-5-3-6-20-37)38-21-7-4-8-22-38)50-41-24-12-9-17-35(41)29-31-44(50)45-33-36-18-10-11-23-40(36)42-25-13-14-26-43(42)45/h3-34H,1-2H3. The van der Waals surface area contributed by atoms with Crippen LogP contribution in [0.3, 0.4) is 0 Å². The first kappa shape index (κ1) is 31.1. The molecule has 0 atom stereocenters. The molecule has 0 amide bonds. The Labute approximate surface area is 310 Å². The van der Waals surface area contributed by atoms with Gasteiger partial charge in [0.2, 0.25) is 0 Å². The summed E-state index contributed by atoms with van der Waals surface area (Å²) in [5.41, 5.74) is 11.8. The molecule has 0 radical (unpaired) electrons. The summed E-state index contributed by atoms with van der Waals surface area (Å²) in [4.78, 5) is 4.92. The molecule has 9 aromatic rings. The van der Waals surface area contributed by atoms with Gasteiger partial charge in [-0.3, -0.25) is 0 Å². The van der Waals surface area contributed by atoms with Crippen LogP contribution in [0.1, 0.15) is 25.0 Å². The van der Waals surface area contributed by atoms with Crippen molar-refractivity contribution in [3.8, 4) is 11.1 Å². The fraction of sp³-hybridized carbons (Fsp3) is 0.0588. The monoisotopic (exact) mass is 678 g/mol. The maximum atomic E-state index is 2.55. The zero-order valence-electron chi connectivity index (χ0n) is 29.9. The zero-order chi connectivity index (χ0) is 35.5. The van der Waals surface area contributed by atoms with Crippen LogP contribution >= 0.6 is 0 Å². The van der Waals surface area contributed by atoms with Crippen LogP contribution in [-0.2, 0) is 5.41 Å². The molecule has 0 aromatic heterocycles. The summed E-state index contributed by atoms with van der Waals surface area (Å²) in [5, 5.41) is 7.49. The molecule has 53 heavy (non-hydrogen) atoms. The third-order valence-electron chi connectivity index (χ3n) is 11.2. The molecule has 1 aliphatic rings. The minimum absolute atomic E-state index is 0.266. The molecular weight excluding hydrogens is 641 g/mol. The van der Waals surface area contributed by atoms with Gasteiger partial charge in [0, 0.05) is 33.4 Å². The van der Waals surface area contributed by atoms with Gasteiger partial charge in [-0.15, -0.1) is 0 Å². The second-order valence-electron chi connectivity index (χ2n) is 14.6. The van der Waals surface area contributed by atoms with Gasteiger partial charge in [0.25, 0.3) is 0 Å². The maximum Gasteiger partial charge on any atom is 0.0618 e. The molecule has 0 spiro atoms. The predicted octanol–water partition coefficient (Wildman–Crippen LogP) is 14.4. The van der Waals surface area contributed by atoms with E-state index in [-0.39, 0.29) is 5.41 Å². The van der Waals surface area contributed by atoms with E-state index in [0.29, 0.717) is 0 Å². The van der Waals surface area contributed by atoms with Crippen molar-refractivity contribution in [3.05, 3.63) is 205 Å². The Bertz CT molecular complexity index is 2780. The number of fused-ring (bicyclic) bond motifs is 6. The fourth-order valence-corrected chi connectivity index (χ4v) is 8.66. The highest BCUT2D eigenvalue weighted by atomic mass is 15.2. The summed E-state index contributed by atoms with van der Waals surface area (Å²) in [6.45, 7) is 4.75. The Morgan fingerprint density at radius 3 is 1.68 bits per heavy atom. The van der Waals surface area contributed by atoms with Crippen LogP contribution in [0.5, 0.6) is 0 Å². The van der Waals surface area contributed by atoms with Crippen LogP contribution < -0.4 is 9.80 Å². The average molecular weight is 679 g/mol. The lowest BCUT2D eigenvalue weighted by Gasteiger charge is -2.43. The first-order valence-electron chi connectivity index (χ1n) is 18.4. The second kappa shape index (κ2) is 12.3. The van der Waals surface area contributed by atoms with Crippen molar-refractivity contribution in [2.24, 2.45) is 0 Å². The largest absolute Gasteiger partial charge is 0.310 e. The zero-order valence-corrected chi connectivity index (χ0v) is 29.9. The van der Waals surface area contributed by atoms with Crippen LogP contribution in [0, 0.1) is 0 Å². The van der Waals surface area contributed by atoms with Crippen molar-refractivity contribution < 1.29 is 0 Å². The van der Waals surface area contributed by atoms with Crippen molar-refractivity contribution in [2.45, 2.75) is 19.3 Å². The molecule has 0 aliphatic carbocycles. The van der Waals surface area contributed by atoms with E-state index in [0.717, 1.165) is 17.1 Å². The van der Waals surface area contributed by atoms with Gasteiger partial charge in [-0.1, -0.05) is 153 Å². The number of benzene rings is 9. The average Bonchev–Trinajstić information content (AvgIpc) is 3.22. The van der Waals surface area contributed by atoms with Gasteiger partial charge in [-0.25, -0.2) is 0 Å². The van der Waals surface area contributed by atoms with Gasteiger partial charge in [-0.05, 0) is 98.2 Å². The van der Waals surface area contributed by atoms with E-state index in [1.807, 2.05) is 0 Å². The molecule has 1 aliphatic heterocycles. The molecule has 0 fully saturated rings. The predicted molar refractivity (Wildman–Crippen MR) is 226 cm³/mol. The van der Waals surface area contributed by atoms with E-state index in [1.165, 1.54) is 71.6 Å². The SMILES string of the molecule is CC1(C)c2ccccc2N(c2c(-c3cc4ccccc4c4ccccc34)ccc3ccccc23)c2ccc(N(c3ccccc3)c3ccccc3)cc21. The minimum Gasteiger partial charge on any atom is -0.310 e. The van der Waals surface area contributed by atoms with E-state index in [2.05, 4.69) is 218 Å². The summed E-state index contributed by atoms with van der Waals surface area (Å²) >= 11 is 0. The number of hydrogen-bond donors (Lipinski definition) is 0. The van der Waals surface area contributed by atoms with Gasteiger partial charge in [0.15, 0.2) is 0 Å². The first-order valence-corrected chi connectivity index (χ1v) is 18.4. The third-order valence-corrected chi connectivity index (χ3v) is 11.2. The topological polar surface area (TPSA) is 6.48 Å².